The smallest absolute Gasteiger partial charge is 0.248 e. The summed E-state index contributed by atoms with van der Waals surface area (Å²) in [5, 5.41) is 10.8. The molecule has 0 N–H and O–H groups in total. The molecule has 0 bridgehead atoms. The Balaban J connectivity index is 0.779. The summed E-state index contributed by atoms with van der Waals surface area (Å²) in [6.07, 6.45) is -1.07. The zero-order valence-corrected chi connectivity index (χ0v) is 50.1. The maximum Gasteiger partial charge on any atom is 0.417 e. The highest BCUT2D eigenvalue weighted by molar-refractivity contribution is 5.95. The Morgan fingerprint density at radius 1 is 0.287 bits per heavy atom. The van der Waals surface area contributed by atoms with Crippen LogP contribution in [0.5, 0.6) is 0 Å². The zero-order valence-electron chi connectivity index (χ0n) is 50.1. The maximum atomic E-state index is 14.6. The molecule has 0 unspecified atom stereocenters. The van der Waals surface area contributed by atoms with Crippen LogP contribution in [0.3, 0.4) is 0 Å². The van der Waals surface area contributed by atoms with Crippen LogP contribution in [0, 0.1) is 11.3 Å². The third-order valence-corrected chi connectivity index (χ3v) is 17.2. The summed E-state index contributed by atoms with van der Waals surface area (Å²) in [6, 6.07) is 89.3. The number of aromatic nitrogens is 8. The lowest BCUT2D eigenvalue weighted by Gasteiger charge is -2.20. The van der Waals surface area contributed by atoms with Gasteiger partial charge in [-0.05, 0) is 119 Å². The minimum atomic E-state index is -4.62. The molecule has 16 rings (SSSR count). The van der Waals surface area contributed by atoms with E-state index in [1.54, 1.807) is 6.07 Å². The number of fused-ring (bicyclic) bond motifs is 4. The fourth-order valence-electron chi connectivity index (χ4n) is 12.6. The molecule has 15 aromatic rings. The first-order valence-corrected chi connectivity index (χ1v) is 30.8. The van der Waals surface area contributed by atoms with Gasteiger partial charge in [-0.2, -0.15) is 18.4 Å². The van der Waals surface area contributed by atoms with Gasteiger partial charge in [0.05, 0.1) is 107 Å². The van der Waals surface area contributed by atoms with Crippen LogP contribution < -0.4 is 0 Å². The van der Waals surface area contributed by atoms with Crippen molar-refractivity contribution in [3.8, 4) is 118 Å². The SMILES string of the molecule is N#Cc1cc(-c2cccc(-c3nc4cc(-c5ccc6nc(-c7ccccc7)c(-c7ccccc7C(F)(F)F)nc6c5)ccc4nc3-c3ccccc3)c2)cc(-c2nc3c(nc2-c2ccccc2)CCC(c2ccc4nc(-c5ccccc5)c(-c5ccccc5)nc4c2)=C3)c1. The molecule has 0 atom stereocenters. The molecule has 0 aliphatic heterocycles. The van der Waals surface area contributed by atoms with Crippen molar-refractivity contribution in [1.82, 2.24) is 39.9 Å². The number of allylic oxidation sites excluding steroid dienone is 1. The van der Waals surface area contributed by atoms with E-state index in [4.69, 9.17) is 39.9 Å². The fraction of sp³-hybridized carbons (Fsp3) is 0.0366. The predicted octanol–water partition coefficient (Wildman–Crippen LogP) is 20.4. The molecule has 94 heavy (non-hydrogen) atoms. The van der Waals surface area contributed by atoms with Crippen LogP contribution >= 0.6 is 0 Å². The monoisotopic (exact) mass is 1220 g/mol. The summed E-state index contributed by atoms with van der Waals surface area (Å²) in [5.74, 6) is 0. The summed E-state index contributed by atoms with van der Waals surface area (Å²) < 4.78 is 43.9. The average Bonchev–Trinajstić information content (AvgIpc) is 0.788. The van der Waals surface area contributed by atoms with Crippen LogP contribution in [0.25, 0.3) is 157 Å². The van der Waals surface area contributed by atoms with Gasteiger partial charge in [0.15, 0.2) is 0 Å². The molecule has 12 heteroatoms. The quantitative estimate of drug-likeness (QED) is 0.124. The summed E-state index contributed by atoms with van der Waals surface area (Å²) >= 11 is 0. The van der Waals surface area contributed by atoms with Crippen molar-refractivity contribution in [2.24, 2.45) is 0 Å². The second-order valence-electron chi connectivity index (χ2n) is 23.2. The minimum absolute atomic E-state index is 0.0573. The topological polar surface area (TPSA) is 127 Å². The lowest BCUT2D eigenvalue weighted by atomic mass is 9.91. The van der Waals surface area contributed by atoms with Crippen LogP contribution in [0.15, 0.2) is 273 Å². The van der Waals surface area contributed by atoms with Gasteiger partial charge < -0.3 is 0 Å². The highest BCUT2D eigenvalue weighted by Crippen LogP contribution is 2.43. The number of aryl methyl sites for hydroxylation is 1. The van der Waals surface area contributed by atoms with Crippen LogP contribution in [0.1, 0.15) is 34.5 Å². The first-order chi connectivity index (χ1) is 46.1. The number of hydrogen-bond acceptors (Lipinski definition) is 9. The highest BCUT2D eigenvalue weighted by atomic mass is 19.4. The number of benzene rings is 11. The first kappa shape index (κ1) is 56.8. The second-order valence-corrected chi connectivity index (χ2v) is 23.2. The molecule has 0 radical (unpaired) electrons. The molecule has 1 aliphatic rings. The first-order valence-electron chi connectivity index (χ1n) is 30.8. The van der Waals surface area contributed by atoms with E-state index in [0.29, 0.717) is 62.4 Å². The van der Waals surface area contributed by atoms with Crippen LogP contribution in [0.2, 0.25) is 0 Å². The van der Waals surface area contributed by atoms with Gasteiger partial charge in [-0.15, -0.1) is 0 Å². The third kappa shape index (κ3) is 10.9. The van der Waals surface area contributed by atoms with Gasteiger partial charge in [0, 0.05) is 44.5 Å². The van der Waals surface area contributed by atoms with Gasteiger partial charge in [-0.1, -0.05) is 206 Å². The van der Waals surface area contributed by atoms with E-state index in [1.165, 1.54) is 12.1 Å². The van der Waals surface area contributed by atoms with Gasteiger partial charge in [-0.3, -0.25) is 0 Å². The number of rotatable bonds is 11. The summed E-state index contributed by atoms with van der Waals surface area (Å²) in [4.78, 5) is 42.0. The molecule has 1 aliphatic carbocycles. The molecule has 0 amide bonds. The Labute approximate surface area is 538 Å². The number of hydrogen-bond donors (Lipinski definition) is 0. The largest absolute Gasteiger partial charge is 0.417 e. The Hall–Kier alpha value is -12.5. The molecular weight excluding hydrogens is 1170 g/mol. The van der Waals surface area contributed by atoms with E-state index in [1.807, 2.05) is 194 Å². The van der Waals surface area contributed by atoms with E-state index >= 15 is 0 Å². The van der Waals surface area contributed by atoms with Gasteiger partial charge in [0.2, 0.25) is 0 Å². The van der Waals surface area contributed by atoms with Gasteiger partial charge in [-0.25, -0.2) is 39.9 Å². The Bertz CT molecular complexity index is 5540. The fourth-order valence-corrected chi connectivity index (χ4v) is 12.6. The zero-order chi connectivity index (χ0) is 63.3. The lowest BCUT2D eigenvalue weighted by molar-refractivity contribution is -0.137. The standard InChI is InChI=1S/C82H50F3N9/c83-82(84,85)65-32-17-16-31-64(65)81-78(55-27-14-5-15-28-55)90-69-40-36-60(48-73(69)94-81)58-34-38-67-71(46-58)92-79(76(88-67)53-23-10-3-11-24-53)61-30-18-29-56(43-61)62-41-50(49-86)42-63(44-62)80-77(54-25-12-4-13-26-54)89-68-39-35-59(47-72(68)93-80)57-33-37-66-70(45-57)91-75(52-21-8-2-9-22-52)74(87-66)51-19-6-1-7-20-51/h1-34,36-38,40-48H,35,39H2. The molecule has 0 saturated heterocycles. The molecule has 11 aromatic carbocycles. The van der Waals surface area contributed by atoms with Crippen molar-refractivity contribution in [2.75, 3.05) is 0 Å². The van der Waals surface area contributed by atoms with E-state index in [-0.39, 0.29) is 11.3 Å². The van der Waals surface area contributed by atoms with Gasteiger partial charge in [0.1, 0.15) is 0 Å². The van der Waals surface area contributed by atoms with E-state index in [2.05, 4.69) is 66.7 Å². The number of halogens is 3. The number of nitrogens with zero attached hydrogens (tertiary/aromatic N) is 9. The van der Waals surface area contributed by atoms with Crippen molar-refractivity contribution < 1.29 is 13.2 Å². The van der Waals surface area contributed by atoms with Crippen molar-refractivity contribution >= 4 is 44.7 Å². The molecular formula is C82H50F3N9. The Morgan fingerprint density at radius 3 is 1.17 bits per heavy atom. The van der Waals surface area contributed by atoms with E-state index < -0.39 is 11.7 Å². The van der Waals surface area contributed by atoms with E-state index in [9.17, 15) is 18.4 Å². The van der Waals surface area contributed by atoms with Crippen LogP contribution in [-0.4, -0.2) is 39.9 Å². The van der Waals surface area contributed by atoms with E-state index in [0.717, 1.165) is 119 Å². The minimum Gasteiger partial charge on any atom is -0.248 e. The molecule has 444 valence electrons. The Kier molecular flexibility index (Phi) is 14.3. The van der Waals surface area contributed by atoms with Gasteiger partial charge in [0.25, 0.3) is 0 Å². The Morgan fingerprint density at radius 2 is 0.660 bits per heavy atom. The summed E-state index contributed by atoms with van der Waals surface area (Å²) in [7, 11) is 0. The van der Waals surface area contributed by atoms with Crippen molar-refractivity contribution in [1.29, 1.82) is 5.26 Å². The summed E-state index contributed by atoms with van der Waals surface area (Å²) in [5.41, 5.74) is 21.2. The molecule has 0 fully saturated rings. The highest BCUT2D eigenvalue weighted by Gasteiger charge is 2.35. The second kappa shape index (κ2) is 23.7. The molecule has 0 saturated carbocycles. The molecule has 9 nitrogen and oxygen atoms in total. The third-order valence-electron chi connectivity index (χ3n) is 17.2. The number of nitriles is 1. The van der Waals surface area contributed by atoms with Crippen molar-refractivity contribution in [3.63, 3.8) is 0 Å². The lowest BCUT2D eigenvalue weighted by Crippen LogP contribution is -2.08. The van der Waals surface area contributed by atoms with Crippen LogP contribution in [0.4, 0.5) is 13.2 Å². The molecule has 0 spiro atoms. The number of alkyl halides is 3. The van der Waals surface area contributed by atoms with Crippen molar-refractivity contribution in [3.05, 3.63) is 301 Å². The molecule has 4 heterocycles. The predicted molar refractivity (Wildman–Crippen MR) is 368 cm³/mol. The summed E-state index contributed by atoms with van der Waals surface area (Å²) in [6.45, 7) is 0. The molecule has 4 aromatic heterocycles. The van der Waals surface area contributed by atoms with Crippen LogP contribution in [-0.2, 0) is 12.6 Å². The van der Waals surface area contributed by atoms with Crippen molar-refractivity contribution in [2.45, 2.75) is 19.0 Å². The van der Waals surface area contributed by atoms with Gasteiger partial charge >= 0.3 is 6.18 Å². The normalized spacial score (nSPS) is 12.2. The maximum absolute atomic E-state index is 14.6. The average molecular weight is 1220 g/mol.